The van der Waals surface area contributed by atoms with Gasteiger partial charge in [-0.25, -0.2) is 0 Å². The summed E-state index contributed by atoms with van der Waals surface area (Å²) in [6, 6.07) is 7.86. The minimum Gasteiger partial charge on any atom is -0.507 e. The van der Waals surface area contributed by atoms with Crippen LogP contribution >= 0.6 is 0 Å². The minimum atomic E-state index is -0.177. The smallest absolute Gasteiger partial charge is 0.131 e. The summed E-state index contributed by atoms with van der Waals surface area (Å²) in [4.78, 5) is 0. The summed E-state index contributed by atoms with van der Waals surface area (Å²) in [5.74, 6) is 1.33. The highest BCUT2D eigenvalue weighted by Gasteiger charge is 2.33. The monoisotopic (exact) mass is 228 g/mol. The zero-order valence-corrected chi connectivity index (χ0v) is 10.4. The Labute approximate surface area is 101 Å². The largest absolute Gasteiger partial charge is 0.507 e. The third kappa shape index (κ3) is 1.40. The number of hydrogen-bond acceptors (Lipinski definition) is 2. The lowest BCUT2D eigenvalue weighted by atomic mass is 9.94. The second-order valence-corrected chi connectivity index (χ2v) is 5.37. The molecule has 0 aromatic heterocycles. The summed E-state index contributed by atoms with van der Waals surface area (Å²) in [6.07, 6.45) is 0.854. The number of benzene rings is 2. The molecule has 0 saturated carbocycles. The highest BCUT2D eigenvalue weighted by molar-refractivity contribution is 5.96. The molecule has 3 rings (SSSR count). The molecule has 2 heteroatoms. The van der Waals surface area contributed by atoms with Gasteiger partial charge in [-0.2, -0.15) is 0 Å². The van der Waals surface area contributed by atoms with E-state index < -0.39 is 0 Å². The predicted molar refractivity (Wildman–Crippen MR) is 68.8 cm³/mol. The van der Waals surface area contributed by atoms with Gasteiger partial charge in [-0.1, -0.05) is 24.3 Å². The fraction of sp³-hybridized carbons (Fsp3) is 0.333. The van der Waals surface area contributed by atoms with Gasteiger partial charge in [-0.15, -0.1) is 0 Å². The number of ether oxygens (including phenoxy) is 1. The molecule has 2 aromatic rings. The van der Waals surface area contributed by atoms with Crippen LogP contribution in [-0.2, 0) is 6.42 Å². The minimum absolute atomic E-state index is 0.177. The molecule has 17 heavy (non-hydrogen) atoms. The summed E-state index contributed by atoms with van der Waals surface area (Å²) in [7, 11) is 0. The SMILES string of the molecule is Cc1c2c(c3ccccc3c1O)OC(C)(C)C2. The van der Waals surface area contributed by atoms with Crippen LogP contribution in [0, 0.1) is 6.92 Å². The normalized spacial score (nSPS) is 16.9. The Hall–Kier alpha value is -1.70. The van der Waals surface area contributed by atoms with E-state index in [2.05, 4.69) is 13.8 Å². The summed E-state index contributed by atoms with van der Waals surface area (Å²) in [5, 5.41) is 12.1. The first kappa shape index (κ1) is 10.5. The van der Waals surface area contributed by atoms with Gasteiger partial charge in [-0.05, 0) is 26.3 Å². The van der Waals surface area contributed by atoms with Crippen LogP contribution < -0.4 is 4.74 Å². The van der Waals surface area contributed by atoms with Crippen LogP contribution in [0.2, 0.25) is 0 Å². The van der Waals surface area contributed by atoms with Crippen molar-refractivity contribution in [3.63, 3.8) is 0 Å². The zero-order valence-electron chi connectivity index (χ0n) is 10.4. The number of phenolic OH excluding ortho intramolecular Hbond substituents is 1. The van der Waals surface area contributed by atoms with Gasteiger partial charge >= 0.3 is 0 Å². The lowest BCUT2D eigenvalue weighted by molar-refractivity contribution is 0.140. The van der Waals surface area contributed by atoms with Crippen LogP contribution in [0.4, 0.5) is 0 Å². The first-order chi connectivity index (χ1) is 7.99. The zero-order chi connectivity index (χ0) is 12.2. The standard InChI is InChI=1S/C15H16O2/c1-9-12-8-15(2,3)17-14(12)11-7-5-4-6-10(11)13(9)16/h4-7,16H,8H2,1-3H3. The molecule has 0 atom stereocenters. The molecule has 88 valence electrons. The summed E-state index contributed by atoms with van der Waals surface area (Å²) < 4.78 is 6.03. The Morgan fingerprint density at radius 1 is 1.18 bits per heavy atom. The molecule has 0 amide bonds. The maximum absolute atomic E-state index is 10.2. The molecule has 0 spiro atoms. The van der Waals surface area contributed by atoms with Crippen LogP contribution in [0.15, 0.2) is 24.3 Å². The summed E-state index contributed by atoms with van der Waals surface area (Å²) in [6.45, 7) is 6.13. The van der Waals surface area contributed by atoms with Gasteiger partial charge in [0.25, 0.3) is 0 Å². The van der Waals surface area contributed by atoms with Crippen LogP contribution in [0.25, 0.3) is 10.8 Å². The number of hydrogen-bond donors (Lipinski definition) is 1. The summed E-state index contributed by atoms with van der Waals surface area (Å²) in [5.41, 5.74) is 1.92. The Morgan fingerprint density at radius 3 is 2.53 bits per heavy atom. The van der Waals surface area contributed by atoms with Crippen molar-refractivity contribution in [3.8, 4) is 11.5 Å². The molecule has 1 aliphatic rings. The predicted octanol–water partition coefficient (Wildman–Crippen LogP) is 3.57. The van der Waals surface area contributed by atoms with Gasteiger partial charge in [0, 0.05) is 22.8 Å². The van der Waals surface area contributed by atoms with E-state index >= 15 is 0 Å². The molecule has 0 aliphatic carbocycles. The van der Waals surface area contributed by atoms with Crippen molar-refractivity contribution in [1.29, 1.82) is 0 Å². The van der Waals surface area contributed by atoms with Crippen molar-refractivity contribution in [2.24, 2.45) is 0 Å². The number of fused-ring (bicyclic) bond motifs is 3. The average molecular weight is 228 g/mol. The van der Waals surface area contributed by atoms with E-state index in [9.17, 15) is 5.11 Å². The molecule has 1 heterocycles. The molecule has 0 unspecified atom stereocenters. The van der Waals surface area contributed by atoms with Crippen LogP contribution in [0.5, 0.6) is 11.5 Å². The van der Waals surface area contributed by atoms with E-state index in [0.717, 1.165) is 34.1 Å². The molecule has 0 bridgehead atoms. The third-order valence-electron chi connectivity index (χ3n) is 3.49. The van der Waals surface area contributed by atoms with Crippen molar-refractivity contribution in [1.82, 2.24) is 0 Å². The van der Waals surface area contributed by atoms with E-state index in [1.54, 1.807) is 0 Å². The van der Waals surface area contributed by atoms with Gasteiger partial charge in [0.05, 0.1) is 0 Å². The lowest BCUT2D eigenvalue weighted by Gasteiger charge is -2.17. The highest BCUT2D eigenvalue weighted by Crippen LogP contribution is 2.46. The van der Waals surface area contributed by atoms with Crippen LogP contribution in [-0.4, -0.2) is 10.7 Å². The Morgan fingerprint density at radius 2 is 1.82 bits per heavy atom. The average Bonchev–Trinajstić information content (AvgIpc) is 2.62. The summed E-state index contributed by atoms with van der Waals surface area (Å²) >= 11 is 0. The van der Waals surface area contributed by atoms with Crippen molar-refractivity contribution in [3.05, 3.63) is 35.4 Å². The third-order valence-corrected chi connectivity index (χ3v) is 3.49. The number of phenols is 1. The van der Waals surface area contributed by atoms with Gasteiger partial charge in [0.15, 0.2) is 0 Å². The lowest BCUT2D eigenvalue weighted by Crippen LogP contribution is -2.24. The Balaban J connectivity index is 2.41. The molecule has 2 aromatic carbocycles. The van der Waals surface area contributed by atoms with Crippen LogP contribution in [0.1, 0.15) is 25.0 Å². The molecular formula is C15H16O2. The van der Waals surface area contributed by atoms with Crippen molar-refractivity contribution in [2.75, 3.05) is 0 Å². The van der Waals surface area contributed by atoms with E-state index in [1.165, 1.54) is 0 Å². The number of rotatable bonds is 0. The van der Waals surface area contributed by atoms with Crippen molar-refractivity contribution >= 4 is 10.8 Å². The molecule has 0 fully saturated rings. The first-order valence-electron chi connectivity index (χ1n) is 5.92. The second kappa shape index (κ2) is 3.16. The molecule has 0 saturated heterocycles. The molecule has 1 aliphatic heterocycles. The molecule has 2 nitrogen and oxygen atoms in total. The van der Waals surface area contributed by atoms with Gasteiger partial charge in [0.2, 0.25) is 0 Å². The fourth-order valence-electron chi connectivity index (χ4n) is 2.63. The van der Waals surface area contributed by atoms with Crippen LogP contribution in [0.3, 0.4) is 0 Å². The molecular weight excluding hydrogens is 212 g/mol. The fourth-order valence-corrected chi connectivity index (χ4v) is 2.63. The van der Waals surface area contributed by atoms with E-state index in [4.69, 9.17) is 4.74 Å². The van der Waals surface area contributed by atoms with Crippen molar-refractivity contribution < 1.29 is 9.84 Å². The maximum atomic E-state index is 10.2. The van der Waals surface area contributed by atoms with Gasteiger partial charge in [0.1, 0.15) is 17.1 Å². The van der Waals surface area contributed by atoms with E-state index in [0.29, 0.717) is 5.75 Å². The first-order valence-corrected chi connectivity index (χ1v) is 5.92. The van der Waals surface area contributed by atoms with E-state index in [1.807, 2.05) is 31.2 Å². The molecule has 0 radical (unpaired) electrons. The maximum Gasteiger partial charge on any atom is 0.131 e. The Bertz CT molecular complexity index is 612. The Kier molecular flexibility index (Phi) is 1.94. The highest BCUT2D eigenvalue weighted by atomic mass is 16.5. The molecule has 1 N–H and O–H groups in total. The van der Waals surface area contributed by atoms with Gasteiger partial charge in [-0.3, -0.25) is 0 Å². The quantitative estimate of drug-likeness (QED) is 0.747. The van der Waals surface area contributed by atoms with Gasteiger partial charge < -0.3 is 9.84 Å². The van der Waals surface area contributed by atoms with E-state index in [-0.39, 0.29) is 5.60 Å². The second-order valence-electron chi connectivity index (χ2n) is 5.37. The topological polar surface area (TPSA) is 29.5 Å². The van der Waals surface area contributed by atoms with Crippen molar-refractivity contribution in [2.45, 2.75) is 32.8 Å². The number of aromatic hydroxyl groups is 1.